The van der Waals surface area contributed by atoms with Gasteiger partial charge in [-0.2, -0.15) is 0 Å². The maximum absolute atomic E-state index is 2.96. The predicted octanol–water partition coefficient (Wildman–Crippen LogP) is 13.8. The Labute approximate surface area is 380 Å². The van der Waals surface area contributed by atoms with Crippen molar-refractivity contribution < 1.29 is 0 Å². The summed E-state index contributed by atoms with van der Waals surface area (Å²) in [7, 11) is -2.96. The molecule has 3 unspecified atom stereocenters. The van der Waals surface area contributed by atoms with Crippen molar-refractivity contribution >= 4 is 73.4 Å². The van der Waals surface area contributed by atoms with E-state index in [2.05, 4.69) is 258 Å². The number of benzene rings is 8. The zero-order valence-electron chi connectivity index (χ0n) is 36.3. The molecule has 0 N–H and O–H groups in total. The lowest BCUT2D eigenvalue weighted by Crippen LogP contribution is -2.62. The second kappa shape index (κ2) is 14.7. The molecule has 310 valence electrons. The molecule has 0 spiro atoms. The Kier molecular flexibility index (Phi) is 8.56. The number of nitrogens with zero attached hydrogens (tertiary/aromatic N) is 3. The third-order valence-electron chi connectivity index (χ3n) is 14.7. The summed E-state index contributed by atoms with van der Waals surface area (Å²) in [6.45, 7) is 2.44. The molecule has 1 aliphatic heterocycles. The van der Waals surface area contributed by atoms with E-state index in [0.29, 0.717) is 0 Å². The van der Waals surface area contributed by atoms with Gasteiger partial charge in [-0.3, -0.25) is 0 Å². The van der Waals surface area contributed by atoms with Gasteiger partial charge in [-0.1, -0.05) is 170 Å². The van der Waals surface area contributed by atoms with E-state index in [-0.39, 0.29) is 11.5 Å². The van der Waals surface area contributed by atoms with Crippen molar-refractivity contribution in [3.8, 4) is 11.4 Å². The van der Waals surface area contributed by atoms with Crippen LogP contribution in [0.15, 0.2) is 247 Å². The van der Waals surface area contributed by atoms with Gasteiger partial charge in [-0.05, 0) is 113 Å². The van der Waals surface area contributed by atoms with Gasteiger partial charge in [0.15, 0.2) is 8.07 Å². The number of hydrogen-bond acceptors (Lipinski definition) is 1. The number of anilines is 2. The minimum Gasteiger partial charge on any atom is -0.333 e. The molecule has 8 aromatic carbocycles. The van der Waals surface area contributed by atoms with E-state index in [0.717, 1.165) is 12.8 Å². The zero-order chi connectivity index (χ0) is 43.1. The standard InChI is InChI=1S/C61H47N3Si/c1-61-40-39-49(42-58(61)64(44-23-8-3-9-24-44)55-36-19-16-33-52(55)61)65(46-26-10-4-11-27-46,47-28-12-5-13-29-47)48-30-20-25-45(41-48)63-54-35-18-15-32-51(54)60-57(63)38-37-56-59(60)50-31-14-17-34-53(50)62(56)43-21-6-2-7-22-43/h2-4,6-12,14-42,58H,5,13H2,1H3. The highest BCUT2D eigenvalue weighted by molar-refractivity contribution is 7.13. The molecule has 65 heavy (non-hydrogen) atoms. The van der Waals surface area contributed by atoms with Crippen molar-refractivity contribution in [1.82, 2.24) is 9.13 Å². The highest BCUT2D eigenvalue weighted by Gasteiger charge is 2.51. The van der Waals surface area contributed by atoms with E-state index in [1.54, 1.807) is 0 Å². The average molecular weight is 850 g/mol. The van der Waals surface area contributed by atoms with Crippen LogP contribution in [0.25, 0.3) is 55.0 Å². The lowest BCUT2D eigenvalue weighted by atomic mass is 9.76. The van der Waals surface area contributed by atoms with Gasteiger partial charge < -0.3 is 14.0 Å². The van der Waals surface area contributed by atoms with Crippen molar-refractivity contribution in [2.45, 2.75) is 31.2 Å². The smallest absolute Gasteiger partial charge is 0.179 e. The van der Waals surface area contributed by atoms with E-state index < -0.39 is 8.07 Å². The normalized spacial score (nSPS) is 18.8. The second-order valence-electron chi connectivity index (χ2n) is 18.1. The number of rotatable bonds is 7. The lowest BCUT2D eigenvalue weighted by Gasteiger charge is -2.42. The number of allylic oxidation sites excluding steroid dienone is 6. The van der Waals surface area contributed by atoms with E-state index in [1.807, 2.05) is 0 Å². The van der Waals surface area contributed by atoms with E-state index in [1.165, 1.54) is 92.7 Å². The fourth-order valence-electron chi connectivity index (χ4n) is 11.9. The Bertz CT molecular complexity index is 3630. The topological polar surface area (TPSA) is 13.1 Å². The first-order valence-corrected chi connectivity index (χ1v) is 25.0. The maximum atomic E-state index is 2.67. The molecule has 2 aromatic heterocycles. The molecular weight excluding hydrogens is 803 g/mol. The first-order chi connectivity index (χ1) is 32.1. The van der Waals surface area contributed by atoms with Gasteiger partial charge in [0.25, 0.3) is 0 Å². The predicted molar refractivity (Wildman–Crippen MR) is 276 cm³/mol. The van der Waals surface area contributed by atoms with E-state index >= 15 is 0 Å². The van der Waals surface area contributed by atoms with Crippen LogP contribution in [-0.4, -0.2) is 23.2 Å². The summed E-state index contributed by atoms with van der Waals surface area (Å²) in [6.07, 6.45) is 17.3. The number of para-hydroxylation sites is 5. The maximum Gasteiger partial charge on any atom is 0.179 e. The van der Waals surface area contributed by atoms with Gasteiger partial charge in [0.1, 0.15) is 0 Å². The van der Waals surface area contributed by atoms with Crippen LogP contribution >= 0.6 is 0 Å². The van der Waals surface area contributed by atoms with Crippen molar-refractivity contribution in [3.63, 3.8) is 0 Å². The summed E-state index contributed by atoms with van der Waals surface area (Å²) >= 11 is 0. The minimum atomic E-state index is -2.96. The number of aromatic nitrogens is 2. The monoisotopic (exact) mass is 849 g/mol. The molecule has 10 aromatic rings. The Hall–Kier alpha value is -7.66. The molecule has 3 nitrogen and oxygen atoms in total. The van der Waals surface area contributed by atoms with Crippen LogP contribution in [-0.2, 0) is 5.41 Å². The second-order valence-corrected chi connectivity index (χ2v) is 21.9. The molecular formula is C61H47N3Si. The van der Waals surface area contributed by atoms with Crippen molar-refractivity contribution in [2.75, 3.05) is 4.90 Å². The summed E-state index contributed by atoms with van der Waals surface area (Å²) in [5.41, 5.74) is 10.9. The average Bonchev–Trinajstić information content (AvgIpc) is 3.99. The number of fused-ring (bicyclic) bond motifs is 10. The van der Waals surface area contributed by atoms with Crippen LogP contribution in [0.1, 0.15) is 25.3 Å². The van der Waals surface area contributed by atoms with Crippen LogP contribution in [0.2, 0.25) is 0 Å². The number of hydrogen-bond donors (Lipinski definition) is 0. The minimum absolute atomic E-state index is 0.0898. The Balaban J connectivity index is 1.07. The van der Waals surface area contributed by atoms with Crippen molar-refractivity contribution in [3.05, 3.63) is 253 Å². The summed E-state index contributed by atoms with van der Waals surface area (Å²) in [4.78, 5) is 2.60. The van der Waals surface area contributed by atoms with Crippen molar-refractivity contribution in [1.29, 1.82) is 0 Å². The Morgan fingerprint density at radius 3 is 1.72 bits per heavy atom. The summed E-state index contributed by atoms with van der Waals surface area (Å²) in [6, 6.07) is 74.7. The van der Waals surface area contributed by atoms with Crippen LogP contribution in [0.4, 0.5) is 11.4 Å². The van der Waals surface area contributed by atoms with E-state index in [9.17, 15) is 0 Å². The quantitative estimate of drug-likeness (QED) is 0.146. The SMILES string of the molecule is CC12C=CC([Si](C3=CCCC=C3)(c3ccccc3)c3cccc(-n4c5ccccc5c5c6c7ccccc7n(-c7ccccc7)c6ccc54)c3)=CC1N(c1ccccc1)c1ccccc12. The molecule has 13 rings (SSSR count). The fraction of sp³-hybridized carbons (Fsp3) is 0.0820. The molecule has 0 fully saturated rings. The molecule has 0 radical (unpaired) electrons. The van der Waals surface area contributed by atoms with Crippen LogP contribution in [0.3, 0.4) is 0 Å². The molecule has 0 amide bonds. The highest BCUT2D eigenvalue weighted by Crippen LogP contribution is 2.53. The summed E-state index contributed by atoms with van der Waals surface area (Å²) in [5, 5.41) is 10.8. The largest absolute Gasteiger partial charge is 0.333 e. The molecule has 0 saturated heterocycles. The molecule has 3 heterocycles. The third-order valence-corrected chi connectivity index (χ3v) is 19.5. The van der Waals surface area contributed by atoms with Gasteiger partial charge >= 0.3 is 0 Å². The molecule has 3 atom stereocenters. The summed E-state index contributed by atoms with van der Waals surface area (Å²) < 4.78 is 4.96. The van der Waals surface area contributed by atoms with Gasteiger partial charge in [0.05, 0.1) is 28.1 Å². The Morgan fingerprint density at radius 2 is 1.05 bits per heavy atom. The summed E-state index contributed by atoms with van der Waals surface area (Å²) in [5.74, 6) is 0. The fourth-order valence-corrected chi connectivity index (χ4v) is 16.9. The van der Waals surface area contributed by atoms with Gasteiger partial charge in [0, 0.05) is 49.7 Å². The van der Waals surface area contributed by atoms with Crippen LogP contribution in [0.5, 0.6) is 0 Å². The lowest BCUT2D eigenvalue weighted by molar-refractivity contribution is 0.549. The molecule has 0 saturated carbocycles. The molecule has 3 aliphatic rings. The van der Waals surface area contributed by atoms with Gasteiger partial charge in [0.2, 0.25) is 0 Å². The molecule has 0 bridgehead atoms. The first kappa shape index (κ1) is 37.9. The molecule has 2 aliphatic carbocycles. The molecule has 4 heteroatoms. The van der Waals surface area contributed by atoms with Crippen LogP contribution in [0, 0.1) is 0 Å². The van der Waals surface area contributed by atoms with Gasteiger partial charge in [-0.25, -0.2) is 0 Å². The highest BCUT2D eigenvalue weighted by atomic mass is 28.3. The van der Waals surface area contributed by atoms with Gasteiger partial charge in [-0.15, -0.1) is 0 Å². The first-order valence-electron chi connectivity index (χ1n) is 23.0. The van der Waals surface area contributed by atoms with Crippen molar-refractivity contribution in [2.24, 2.45) is 0 Å². The zero-order valence-corrected chi connectivity index (χ0v) is 37.3. The van der Waals surface area contributed by atoms with Crippen LogP contribution < -0.4 is 15.3 Å². The third kappa shape index (κ3) is 5.47. The Morgan fingerprint density at radius 1 is 0.477 bits per heavy atom. The van der Waals surface area contributed by atoms with E-state index in [4.69, 9.17) is 0 Å².